The maximum absolute atomic E-state index is 9.84. The van der Waals surface area contributed by atoms with Gasteiger partial charge in [-0.2, -0.15) is 0 Å². The fourth-order valence-electron chi connectivity index (χ4n) is 2.33. The fraction of sp³-hybridized carbons (Fsp3) is 0.333. The third kappa shape index (κ3) is 3.61. The third-order valence-corrected chi connectivity index (χ3v) is 3.63. The smallest absolute Gasteiger partial charge is 0.0787 e. The van der Waals surface area contributed by atoms with Crippen LogP contribution in [-0.2, 0) is 6.54 Å². The Morgan fingerprint density at radius 1 is 0.950 bits per heavy atom. The van der Waals surface area contributed by atoms with Crippen LogP contribution in [0.3, 0.4) is 0 Å². The highest BCUT2D eigenvalue weighted by atomic mass is 16.3. The van der Waals surface area contributed by atoms with Crippen LogP contribution in [0.5, 0.6) is 0 Å². The zero-order valence-electron chi connectivity index (χ0n) is 12.3. The first kappa shape index (κ1) is 14.6. The fourth-order valence-corrected chi connectivity index (χ4v) is 2.33. The van der Waals surface area contributed by atoms with E-state index in [9.17, 15) is 5.11 Å². The SMILES string of the molecule is CC[C@@H](O)c1ccc(N(CC)Cc2ccccc2)cc1. The van der Waals surface area contributed by atoms with Crippen LogP contribution in [-0.4, -0.2) is 11.7 Å². The van der Waals surface area contributed by atoms with Gasteiger partial charge in [0.25, 0.3) is 0 Å². The third-order valence-electron chi connectivity index (χ3n) is 3.63. The van der Waals surface area contributed by atoms with Gasteiger partial charge in [0.05, 0.1) is 6.10 Å². The van der Waals surface area contributed by atoms with Crippen molar-refractivity contribution in [2.75, 3.05) is 11.4 Å². The second-order valence-electron chi connectivity index (χ2n) is 5.02. The molecule has 0 amide bonds. The molecule has 0 saturated carbocycles. The first-order valence-corrected chi connectivity index (χ1v) is 7.31. The Morgan fingerprint density at radius 2 is 1.60 bits per heavy atom. The van der Waals surface area contributed by atoms with Crippen LogP contribution in [0.15, 0.2) is 54.6 Å². The molecule has 0 aliphatic heterocycles. The predicted molar refractivity (Wildman–Crippen MR) is 84.9 cm³/mol. The molecular weight excluding hydrogens is 246 g/mol. The highest BCUT2D eigenvalue weighted by molar-refractivity contribution is 5.48. The number of aliphatic hydroxyl groups excluding tert-OH is 1. The van der Waals surface area contributed by atoms with Gasteiger partial charge >= 0.3 is 0 Å². The van der Waals surface area contributed by atoms with Crippen molar-refractivity contribution in [3.63, 3.8) is 0 Å². The Bertz CT molecular complexity index is 507. The van der Waals surface area contributed by atoms with Gasteiger partial charge in [-0.1, -0.05) is 49.4 Å². The van der Waals surface area contributed by atoms with Gasteiger partial charge in [0.2, 0.25) is 0 Å². The number of aliphatic hydroxyl groups is 1. The molecule has 0 aliphatic carbocycles. The van der Waals surface area contributed by atoms with Crippen LogP contribution in [0.2, 0.25) is 0 Å². The largest absolute Gasteiger partial charge is 0.388 e. The number of hydrogen-bond acceptors (Lipinski definition) is 2. The lowest BCUT2D eigenvalue weighted by Gasteiger charge is -2.24. The Hall–Kier alpha value is -1.80. The molecule has 0 spiro atoms. The molecule has 2 heteroatoms. The van der Waals surface area contributed by atoms with E-state index in [4.69, 9.17) is 0 Å². The molecule has 0 bridgehead atoms. The van der Waals surface area contributed by atoms with Crippen molar-refractivity contribution in [2.45, 2.75) is 32.9 Å². The topological polar surface area (TPSA) is 23.5 Å². The van der Waals surface area contributed by atoms with Crippen molar-refractivity contribution >= 4 is 5.69 Å². The molecule has 1 atom stereocenters. The predicted octanol–water partition coefficient (Wildman–Crippen LogP) is 4.16. The van der Waals surface area contributed by atoms with Gasteiger partial charge < -0.3 is 10.0 Å². The first-order valence-electron chi connectivity index (χ1n) is 7.31. The van der Waals surface area contributed by atoms with E-state index in [0.29, 0.717) is 0 Å². The number of anilines is 1. The van der Waals surface area contributed by atoms with E-state index in [1.54, 1.807) is 0 Å². The zero-order chi connectivity index (χ0) is 14.4. The molecule has 0 saturated heterocycles. The lowest BCUT2D eigenvalue weighted by molar-refractivity contribution is 0.173. The van der Waals surface area contributed by atoms with Crippen LogP contribution in [0, 0.1) is 0 Å². The average molecular weight is 269 g/mol. The van der Waals surface area contributed by atoms with Crippen molar-refractivity contribution in [2.24, 2.45) is 0 Å². The van der Waals surface area contributed by atoms with Crippen molar-refractivity contribution in [3.05, 3.63) is 65.7 Å². The van der Waals surface area contributed by atoms with E-state index in [-0.39, 0.29) is 6.10 Å². The van der Waals surface area contributed by atoms with Crippen LogP contribution in [0.4, 0.5) is 5.69 Å². The summed E-state index contributed by atoms with van der Waals surface area (Å²) in [4.78, 5) is 2.33. The summed E-state index contributed by atoms with van der Waals surface area (Å²) in [5.41, 5.74) is 3.50. The molecule has 1 N–H and O–H groups in total. The summed E-state index contributed by atoms with van der Waals surface area (Å²) in [6.45, 7) is 6.03. The molecule has 2 nitrogen and oxygen atoms in total. The molecule has 2 aromatic rings. The number of rotatable bonds is 6. The van der Waals surface area contributed by atoms with E-state index in [2.05, 4.69) is 48.2 Å². The van der Waals surface area contributed by atoms with Crippen molar-refractivity contribution < 1.29 is 5.11 Å². The van der Waals surface area contributed by atoms with Gasteiger partial charge in [0, 0.05) is 18.8 Å². The lowest BCUT2D eigenvalue weighted by Crippen LogP contribution is -2.21. The summed E-state index contributed by atoms with van der Waals surface area (Å²) in [6, 6.07) is 18.7. The van der Waals surface area contributed by atoms with E-state index >= 15 is 0 Å². The minimum Gasteiger partial charge on any atom is -0.388 e. The zero-order valence-corrected chi connectivity index (χ0v) is 12.3. The summed E-state index contributed by atoms with van der Waals surface area (Å²) in [5.74, 6) is 0. The van der Waals surface area contributed by atoms with Gasteiger partial charge in [0.15, 0.2) is 0 Å². The summed E-state index contributed by atoms with van der Waals surface area (Å²) in [5, 5.41) is 9.84. The minimum atomic E-state index is -0.353. The molecule has 0 aromatic heterocycles. The molecule has 0 unspecified atom stereocenters. The van der Waals surface area contributed by atoms with Crippen molar-refractivity contribution in [1.29, 1.82) is 0 Å². The highest BCUT2D eigenvalue weighted by Crippen LogP contribution is 2.22. The normalized spacial score (nSPS) is 12.2. The van der Waals surface area contributed by atoms with E-state index in [1.807, 2.05) is 25.1 Å². The van der Waals surface area contributed by atoms with E-state index in [0.717, 1.165) is 25.1 Å². The summed E-state index contributed by atoms with van der Waals surface area (Å²) in [6.07, 6.45) is 0.397. The molecule has 0 heterocycles. The Morgan fingerprint density at radius 3 is 2.15 bits per heavy atom. The van der Waals surface area contributed by atoms with E-state index in [1.165, 1.54) is 11.3 Å². The van der Waals surface area contributed by atoms with Crippen molar-refractivity contribution in [1.82, 2.24) is 0 Å². The molecule has 0 aliphatic rings. The molecule has 106 valence electrons. The Balaban J connectivity index is 2.11. The van der Waals surface area contributed by atoms with Gasteiger partial charge in [-0.25, -0.2) is 0 Å². The molecule has 2 rings (SSSR count). The second-order valence-corrected chi connectivity index (χ2v) is 5.02. The molecular formula is C18H23NO. The molecule has 0 fully saturated rings. The number of hydrogen-bond donors (Lipinski definition) is 1. The van der Waals surface area contributed by atoms with Crippen LogP contribution in [0.1, 0.15) is 37.5 Å². The second kappa shape index (κ2) is 7.11. The Labute approximate surface area is 121 Å². The number of nitrogens with zero attached hydrogens (tertiary/aromatic N) is 1. The van der Waals surface area contributed by atoms with Crippen LogP contribution in [0.25, 0.3) is 0 Å². The standard InChI is InChI=1S/C18H23NO/c1-3-18(20)16-10-12-17(13-11-16)19(4-2)14-15-8-6-5-7-9-15/h5-13,18,20H,3-4,14H2,1-2H3/t18-/m1/s1. The first-order chi connectivity index (χ1) is 9.74. The summed E-state index contributed by atoms with van der Waals surface area (Å²) >= 11 is 0. The quantitative estimate of drug-likeness (QED) is 0.851. The molecule has 20 heavy (non-hydrogen) atoms. The monoisotopic (exact) mass is 269 g/mol. The summed E-state index contributed by atoms with van der Waals surface area (Å²) < 4.78 is 0. The maximum Gasteiger partial charge on any atom is 0.0787 e. The van der Waals surface area contributed by atoms with Crippen LogP contribution >= 0.6 is 0 Å². The van der Waals surface area contributed by atoms with E-state index < -0.39 is 0 Å². The summed E-state index contributed by atoms with van der Waals surface area (Å²) in [7, 11) is 0. The van der Waals surface area contributed by atoms with Gasteiger partial charge in [-0.3, -0.25) is 0 Å². The highest BCUT2D eigenvalue weighted by Gasteiger charge is 2.08. The van der Waals surface area contributed by atoms with Crippen molar-refractivity contribution in [3.8, 4) is 0 Å². The lowest BCUT2D eigenvalue weighted by atomic mass is 10.1. The molecule has 2 aromatic carbocycles. The maximum atomic E-state index is 9.84. The minimum absolute atomic E-state index is 0.353. The molecule has 0 radical (unpaired) electrons. The van der Waals surface area contributed by atoms with Gasteiger partial charge in [-0.05, 0) is 36.6 Å². The van der Waals surface area contributed by atoms with Gasteiger partial charge in [-0.15, -0.1) is 0 Å². The average Bonchev–Trinajstić information content (AvgIpc) is 2.53. The van der Waals surface area contributed by atoms with Crippen LogP contribution < -0.4 is 4.90 Å². The number of benzene rings is 2. The Kier molecular flexibility index (Phi) is 5.19. The van der Waals surface area contributed by atoms with Gasteiger partial charge in [0.1, 0.15) is 0 Å².